The first-order chi connectivity index (χ1) is 11.6. The van der Waals surface area contributed by atoms with E-state index in [9.17, 15) is 4.79 Å². The van der Waals surface area contributed by atoms with E-state index in [0.29, 0.717) is 17.3 Å². The minimum atomic E-state index is -0.182. The first kappa shape index (κ1) is 16.5. The molecule has 122 valence electrons. The number of nitrogens with zero attached hydrogens (tertiary/aromatic N) is 1. The highest BCUT2D eigenvalue weighted by molar-refractivity contribution is 7.15. The van der Waals surface area contributed by atoms with Crippen LogP contribution >= 0.6 is 22.9 Å². The van der Waals surface area contributed by atoms with Crippen molar-refractivity contribution in [3.63, 3.8) is 0 Å². The van der Waals surface area contributed by atoms with Crippen LogP contribution in [0.5, 0.6) is 0 Å². The number of hydrogen-bond acceptors (Lipinski definition) is 4. The standard InChI is InChI=1S/C18H15ClN2O2S/c1-12-16(11-20-17(22)9-8-13-5-4-10-23-13)24-18(21-12)14-6-2-3-7-15(14)19/h2-10H,11H2,1H3,(H,20,22). The zero-order chi connectivity index (χ0) is 16.9. The molecule has 2 heterocycles. The van der Waals surface area contributed by atoms with Crippen LogP contribution in [0.4, 0.5) is 0 Å². The lowest BCUT2D eigenvalue weighted by atomic mass is 10.2. The molecule has 1 amide bonds. The lowest BCUT2D eigenvalue weighted by Crippen LogP contribution is -2.20. The van der Waals surface area contributed by atoms with E-state index in [1.165, 1.54) is 17.4 Å². The molecular formula is C18H15ClN2O2S. The maximum atomic E-state index is 11.9. The van der Waals surface area contributed by atoms with E-state index in [2.05, 4.69) is 10.3 Å². The highest BCUT2D eigenvalue weighted by atomic mass is 35.5. The summed E-state index contributed by atoms with van der Waals surface area (Å²) >= 11 is 7.75. The van der Waals surface area contributed by atoms with Crippen molar-refractivity contribution in [1.29, 1.82) is 0 Å². The minimum Gasteiger partial charge on any atom is -0.465 e. The Morgan fingerprint density at radius 2 is 2.17 bits per heavy atom. The number of rotatable bonds is 5. The van der Waals surface area contributed by atoms with Gasteiger partial charge in [-0.05, 0) is 31.2 Å². The number of aromatic nitrogens is 1. The van der Waals surface area contributed by atoms with Gasteiger partial charge in [0.05, 0.1) is 23.5 Å². The molecule has 0 atom stereocenters. The van der Waals surface area contributed by atoms with E-state index in [0.717, 1.165) is 21.1 Å². The van der Waals surface area contributed by atoms with Gasteiger partial charge in [-0.15, -0.1) is 11.3 Å². The highest BCUT2D eigenvalue weighted by Gasteiger charge is 2.12. The van der Waals surface area contributed by atoms with Gasteiger partial charge in [0, 0.05) is 16.5 Å². The average molecular weight is 359 g/mol. The molecule has 0 radical (unpaired) electrons. The molecule has 0 saturated heterocycles. The van der Waals surface area contributed by atoms with E-state index in [4.69, 9.17) is 16.0 Å². The summed E-state index contributed by atoms with van der Waals surface area (Å²) in [4.78, 5) is 17.4. The first-order valence-electron chi connectivity index (χ1n) is 7.34. The van der Waals surface area contributed by atoms with Crippen LogP contribution in [0.15, 0.2) is 53.2 Å². The van der Waals surface area contributed by atoms with Gasteiger partial charge in [0.1, 0.15) is 10.8 Å². The van der Waals surface area contributed by atoms with Crippen LogP contribution in [0.2, 0.25) is 5.02 Å². The van der Waals surface area contributed by atoms with Crippen molar-refractivity contribution in [3.8, 4) is 10.6 Å². The fourth-order valence-electron chi connectivity index (χ4n) is 2.11. The highest BCUT2D eigenvalue weighted by Crippen LogP contribution is 2.32. The number of nitrogens with one attached hydrogen (secondary N) is 1. The molecule has 1 N–H and O–H groups in total. The molecule has 4 nitrogen and oxygen atoms in total. The van der Waals surface area contributed by atoms with Gasteiger partial charge < -0.3 is 9.73 Å². The van der Waals surface area contributed by atoms with Crippen LogP contribution in [-0.2, 0) is 11.3 Å². The molecule has 6 heteroatoms. The summed E-state index contributed by atoms with van der Waals surface area (Å²) in [6.45, 7) is 2.35. The lowest BCUT2D eigenvalue weighted by Gasteiger charge is -2.00. The van der Waals surface area contributed by atoms with Crippen LogP contribution < -0.4 is 5.32 Å². The summed E-state index contributed by atoms with van der Waals surface area (Å²) in [6, 6.07) is 11.2. The second kappa shape index (κ2) is 7.47. The Morgan fingerprint density at radius 1 is 1.33 bits per heavy atom. The Labute approximate surface area is 148 Å². The summed E-state index contributed by atoms with van der Waals surface area (Å²) < 4.78 is 5.14. The van der Waals surface area contributed by atoms with Crippen LogP contribution in [-0.4, -0.2) is 10.9 Å². The normalized spacial score (nSPS) is 11.1. The summed E-state index contributed by atoms with van der Waals surface area (Å²) in [5, 5.41) is 4.38. The number of thiazole rings is 1. The summed E-state index contributed by atoms with van der Waals surface area (Å²) in [5.74, 6) is 0.457. The predicted octanol–water partition coefficient (Wildman–Crippen LogP) is 4.69. The van der Waals surface area contributed by atoms with Crippen LogP contribution in [0.1, 0.15) is 16.3 Å². The topological polar surface area (TPSA) is 55.1 Å². The van der Waals surface area contributed by atoms with E-state index in [1.807, 2.05) is 31.2 Å². The molecule has 0 saturated carbocycles. The summed E-state index contributed by atoms with van der Waals surface area (Å²) in [5.41, 5.74) is 1.80. The van der Waals surface area contributed by atoms with Crippen molar-refractivity contribution < 1.29 is 9.21 Å². The second-order valence-corrected chi connectivity index (χ2v) is 6.56. The largest absolute Gasteiger partial charge is 0.465 e. The molecule has 0 spiro atoms. The number of hydrogen-bond donors (Lipinski definition) is 1. The minimum absolute atomic E-state index is 0.182. The lowest BCUT2D eigenvalue weighted by molar-refractivity contribution is -0.116. The van der Waals surface area contributed by atoms with E-state index in [1.54, 1.807) is 24.5 Å². The molecule has 2 aromatic heterocycles. The Bertz CT molecular complexity index is 869. The van der Waals surface area contributed by atoms with Gasteiger partial charge in [0.25, 0.3) is 0 Å². The third-order valence-corrected chi connectivity index (χ3v) is 4.88. The fraction of sp³-hybridized carbons (Fsp3) is 0.111. The maximum Gasteiger partial charge on any atom is 0.244 e. The molecule has 0 bridgehead atoms. The predicted molar refractivity (Wildman–Crippen MR) is 96.9 cm³/mol. The number of halogens is 1. The SMILES string of the molecule is Cc1nc(-c2ccccc2Cl)sc1CNC(=O)C=Cc1ccco1. The van der Waals surface area contributed by atoms with E-state index in [-0.39, 0.29) is 5.91 Å². The molecule has 24 heavy (non-hydrogen) atoms. The van der Waals surface area contributed by atoms with Crippen molar-refractivity contribution in [2.75, 3.05) is 0 Å². The second-order valence-electron chi connectivity index (χ2n) is 5.07. The monoisotopic (exact) mass is 358 g/mol. The Morgan fingerprint density at radius 3 is 2.92 bits per heavy atom. The van der Waals surface area contributed by atoms with Gasteiger partial charge in [-0.1, -0.05) is 29.8 Å². The van der Waals surface area contributed by atoms with Crippen LogP contribution in [0.25, 0.3) is 16.6 Å². The quantitative estimate of drug-likeness (QED) is 0.673. The Balaban J connectivity index is 1.66. The van der Waals surface area contributed by atoms with Crippen molar-refractivity contribution in [3.05, 3.63) is 70.1 Å². The smallest absolute Gasteiger partial charge is 0.244 e. The third kappa shape index (κ3) is 3.93. The van der Waals surface area contributed by atoms with Gasteiger partial charge in [0.15, 0.2) is 0 Å². The number of carbonyl (C=O) groups is 1. The van der Waals surface area contributed by atoms with Gasteiger partial charge in [0.2, 0.25) is 5.91 Å². The van der Waals surface area contributed by atoms with Crippen molar-refractivity contribution in [2.45, 2.75) is 13.5 Å². The number of benzene rings is 1. The molecule has 3 aromatic rings. The number of amides is 1. The first-order valence-corrected chi connectivity index (χ1v) is 8.53. The van der Waals surface area contributed by atoms with Crippen molar-refractivity contribution in [1.82, 2.24) is 10.3 Å². The van der Waals surface area contributed by atoms with E-state index >= 15 is 0 Å². The molecule has 1 aromatic carbocycles. The number of aryl methyl sites for hydroxylation is 1. The number of furan rings is 1. The van der Waals surface area contributed by atoms with Crippen LogP contribution in [0, 0.1) is 6.92 Å². The van der Waals surface area contributed by atoms with Gasteiger partial charge in [-0.3, -0.25) is 4.79 Å². The van der Waals surface area contributed by atoms with Gasteiger partial charge in [-0.25, -0.2) is 4.98 Å². The zero-order valence-corrected chi connectivity index (χ0v) is 14.5. The van der Waals surface area contributed by atoms with Crippen LogP contribution in [0.3, 0.4) is 0 Å². The molecule has 0 unspecified atom stereocenters. The average Bonchev–Trinajstić information content (AvgIpc) is 3.21. The zero-order valence-electron chi connectivity index (χ0n) is 13.0. The number of carbonyl (C=O) groups excluding carboxylic acids is 1. The molecule has 0 aliphatic heterocycles. The van der Waals surface area contributed by atoms with Crippen molar-refractivity contribution >= 4 is 34.9 Å². The van der Waals surface area contributed by atoms with Gasteiger partial charge in [-0.2, -0.15) is 0 Å². The molecule has 0 fully saturated rings. The maximum absolute atomic E-state index is 11.9. The third-order valence-electron chi connectivity index (χ3n) is 3.36. The molecular weight excluding hydrogens is 344 g/mol. The Hall–Kier alpha value is -2.37. The summed E-state index contributed by atoms with van der Waals surface area (Å²) in [6.07, 6.45) is 4.64. The fourth-order valence-corrected chi connectivity index (χ4v) is 3.44. The summed E-state index contributed by atoms with van der Waals surface area (Å²) in [7, 11) is 0. The molecule has 3 rings (SSSR count). The van der Waals surface area contributed by atoms with Crippen molar-refractivity contribution in [2.24, 2.45) is 0 Å². The van der Waals surface area contributed by atoms with E-state index < -0.39 is 0 Å². The Kier molecular flexibility index (Phi) is 5.13. The molecule has 0 aliphatic rings. The molecule has 0 aliphatic carbocycles. The van der Waals surface area contributed by atoms with Gasteiger partial charge >= 0.3 is 0 Å².